The van der Waals surface area contributed by atoms with E-state index in [0.717, 1.165) is 0 Å². The quantitative estimate of drug-likeness (QED) is 0.0425. The maximum absolute atomic E-state index is 13.4. The molecule has 1 aromatic rings. The molecule has 1 fully saturated rings. The molecule has 1 saturated heterocycles. The molecule has 0 radical (unpaired) electrons. The van der Waals surface area contributed by atoms with Crippen molar-refractivity contribution >= 4 is 41.5 Å². The van der Waals surface area contributed by atoms with Gasteiger partial charge in [0.25, 0.3) is 5.91 Å². The van der Waals surface area contributed by atoms with Gasteiger partial charge in [-0.25, -0.2) is 4.79 Å². The van der Waals surface area contributed by atoms with Crippen LogP contribution in [0, 0.1) is 0 Å². The van der Waals surface area contributed by atoms with Gasteiger partial charge in [0, 0.05) is 25.9 Å². The maximum Gasteiger partial charge on any atom is 0.335 e. The number of hydrogen-bond donors (Lipinski definition) is 10. The third-order valence-corrected chi connectivity index (χ3v) is 8.33. The van der Waals surface area contributed by atoms with Gasteiger partial charge in [0.2, 0.25) is 24.0 Å². The van der Waals surface area contributed by atoms with Gasteiger partial charge in [-0.2, -0.15) is 0 Å². The third-order valence-electron chi connectivity index (χ3n) is 8.33. The molecule has 1 heterocycles. The highest BCUT2D eigenvalue weighted by Gasteiger charge is 2.48. The van der Waals surface area contributed by atoms with E-state index in [-0.39, 0.29) is 56.2 Å². The number of aliphatic hydroxyl groups excluding tert-OH is 4. The van der Waals surface area contributed by atoms with Gasteiger partial charge in [0.1, 0.15) is 49.4 Å². The number of rotatable bonds is 23. The molecule has 1 aliphatic heterocycles. The first kappa shape index (κ1) is 48.2. The molecule has 21 nitrogen and oxygen atoms in total. The molecule has 21 heteroatoms. The number of carboxylic acids is 2. The van der Waals surface area contributed by atoms with Crippen LogP contribution < -0.4 is 26.0 Å². The van der Waals surface area contributed by atoms with Crippen LogP contribution in [0.5, 0.6) is 5.75 Å². The van der Waals surface area contributed by atoms with Crippen LogP contribution in [0.25, 0.3) is 0 Å². The van der Waals surface area contributed by atoms with E-state index >= 15 is 0 Å². The third kappa shape index (κ3) is 16.2. The van der Waals surface area contributed by atoms with Gasteiger partial charge in [-0.1, -0.05) is 6.07 Å². The Labute approximate surface area is 328 Å². The van der Waals surface area contributed by atoms with Crippen LogP contribution in [0.2, 0.25) is 0 Å². The van der Waals surface area contributed by atoms with E-state index in [0.29, 0.717) is 5.56 Å². The summed E-state index contributed by atoms with van der Waals surface area (Å²) in [6.07, 6.45) is -9.97. The minimum absolute atomic E-state index is 0.0175. The zero-order valence-corrected chi connectivity index (χ0v) is 32.4. The van der Waals surface area contributed by atoms with Crippen LogP contribution in [0.15, 0.2) is 18.2 Å². The Balaban J connectivity index is 2.21. The zero-order chi connectivity index (χ0) is 43.0. The van der Waals surface area contributed by atoms with Crippen molar-refractivity contribution in [1.29, 1.82) is 0 Å². The highest BCUT2D eigenvalue weighted by atomic mass is 16.7. The fraction of sp³-hybridized carbons (Fsp3) is 0.639. The molecule has 0 saturated carbocycles. The lowest BCUT2D eigenvalue weighted by Gasteiger charge is -2.38. The van der Waals surface area contributed by atoms with Crippen molar-refractivity contribution in [2.24, 2.45) is 0 Å². The van der Waals surface area contributed by atoms with Crippen LogP contribution in [0.4, 0.5) is 0 Å². The standard InChI is InChI=1S/C36H54N4O17/c1-18(2)38-32(50)23(10-12-26(44)45)40-33(51)22(39-25(43)16-55-36(4,5)17-41)8-6-7-13-37-31(49)21-14-20(15-54-19(3)42)9-11-24(21)56-35-29(48)27(46)28(47)30(57-35)34(52)53/h9,11,14,18,22-23,27-30,35,41,46-48H,6-8,10,12-13,15-17H2,1-5H3,(H,37,49)(H,38,50)(H,39,43)(H,40,51)(H,44,45)(H,52,53)/t22-,23-,27-,28-,29+,30-,35+/m0/s1. The summed E-state index contributed by atoms with van der Waals surface area (Å²) in [6, 6.07) is 1.18. The summed E-state index contributed by atoms with van der Waals surface area (Å²) in [5.74, 6) is -6.56. The van der Waals surface area contributed by atoms with E-state index in [1.807, 2.05) is 0 Å². The zero-order valence-electron chi connectivity index (χ0n) is 32.4. The molecular weight excluding hydrogens is 760 g/mol. The largest absolute Gasteiger partial charge is 0.481 e. The average Bonchev–Trinajstić information content (AvgIpc) is 3.13. The normalized spacial score (nSPS) is 20.4. The van der Waals surface area contributed by atoms with Gasteiger partial charge in [-0.05, 0) is 71.1 Å². The first-order chi connectivity index (χ1) is 26.6. The number of esters is 1. The molecule has 2 rings (SSSR count). The van der Waals surface area contributed by atoms with Crippen LogP contribution in [-0.2, 0) is 49.6 Å². The second-order valence-corrected chi connectivity index (χ2v) is 14.2. The Morgan fingerprint density at radius 1 is 0.877 bits per heavy atom. The molecule has 0 aliphatic carbocycles. The monoisotopic (exact) mass is 814 g/mol. The summed E-state index contributed by atoms with van der Waals surface area (Å²) in [7, 11) is 0. The Hall–Kier alpha value is -4.93. The predicted molar refractivity (Wildman–Crippen MR) is 194 cm³/mol. The summed E-state index contributed by atoms with van der Waals surface area (Å²) in [4.78, 5) is 86.7. The molecule has 1 aliphatic rings. The summed E-state index contributed by atoms with van der Waals surface area (Å²) >= 11 is 0. The highest BCUT2D eigenvalue weighted by molar-refractivity contribution is 5.97. The van der Waals surface area contributed by atoms with Gasteiger partial charge in [0.05, 0.1) is 17.8 Å². The number of aliphatic hydroxyl groups is 4. The first-order valence-corrected chi connectivity index (χ1v) is 18.2. The van der Waals surface area contributed by atoms with Crippen molar-refractivity contribution in [3.05, 3.63) is 29.3 Å². The number of carbonyl (C=O) groups is 7. The summed E-state index contributed by atoms with van der Waals surface area (Å²) in [5, 5.41) is 69.0. The highest BCUT2D eigenvalue weighted by Crippen LogP contribution is 2.28. The van der Waals surface area contributed by atoms with Crippen LogP contribution >= 0.6 is 0 Å². The molecule has 4 amide bonds. The van der Waals surface area contributed by atoms with Gasteiger partial charge < -0.3 is 70.9 Å². The Morgan fingerprint density at radius 3 is 2.12 bits per heavy atom. The minimum Gasteiger partial charge on any atom is -0.481 e. The number of benzene rings is 1. The lowest BCUT2D eigenvalue weighted by atomic mass is 9.99. The van der Waals surface area contributed by atoms with Gasteiger partial charge >= 0.3 is 17.9 Å². The van der Waals surface area contributed by atoms with Crippen molar-refractivity contribution in [3.63, 3.8) is 0 Å². The number of amides is 4. The smallest absolute Gasteiger partial charge is 0.335 e. The minimum atomic E-state index is -1.99. The SMILES string of the molecule is CC(=O)OCc1ccc(O[C@@H]2O[C@H](C(=O)O)[C@@H](O)[C@H](O)[C@H]2O)c(C(=O)NCCCC[C@H](NC(=O)COC(C)(C)CO)C(=O)N[C@@H](CCC(=O)O)C(=O)NC(C)C)c1. The van der Waals surface area contributed by atoms with Crippen LogP contribution in [-0.4, -0.2) is 146 Å². The van der Waals surface area contributed by atoms with E-state index in [1.54, 1.807) is 27.7 Å². The van der Waals surface area contributed by atoms with Gasteiger partial charge in [-0.3, -0.25) is 28.8 Å². The number of unbranched alkanes of at least 4 members (excludes halogenated alkanes) is 1. The Morgan fingerprint density at radius 2 is 1.53 bits per heavy atom. The molecule has 0 unspecified atom stereocenters. The number of hydrogen-bond acceptors (Lipinski definition) is 15. The lowest BCUT2D eigenvalue weighted by molar-refractivity contribution is -0.271. The van der Waals surface area contributed by atoms with E-state index in [4.69, 9.17) is 18.9 Å². The summed E-state index contributed by atoms with van der Waals surface area (Å²) < 4.78 is 21.2. The summed E-state index contributed by atoms with van der Waals surface area (Å²) in [6.45, 7) is 6.45. The van der Waals surface area contributed by atoms with Crippen molar-refractivity contribution in [1.82, 2.24) is 21.3 Å². The fourth-order valence-corrected chi connectivity index (χ4v) is 5.18. The maximum atomic E-state index is 13.4. The molecule has 7 atom stereocenters. The number of carbonyl (C=O) groups excluding carboxylic acids is 5. The van der Waals surface area contributed by atoms with Gasteiger partial charge in [-0.15, -0.1) is 0 Å². The molecule has 320 valence electrons. The van der Waals surface area contributed by atoms with E-state index in [9.17, 15) is 64.2 Å². The van der Waals surface area contributed by atoms with Gasteiger partial charge in [0.15, 0.2) is 6.10 Å². The second-order valence-electron chi connectivity index (χ2n) is 14.2. The van der Waals surface area contributed by atoms with Crippen LogP contribution in [0.3, 0.4) is 0 Å². The molecule has 1 aromatic carbocycles. The van der Waals surface area contributed by atoms with Crippen molar-refractivity contribution < 1.29 is 83.1 Å². The molecule has 0 bridgehead atoms. The Kier molecular flexibility index (Phi) is 19.2. The van der Waals surface area contributed by atoms with E-state index in [2.05, 4.69) is 21.3 Å². The van der Waals surface area contributed by atoms with E-state index in [1.165, 1.54) is 25.1 Å². The first-order valence-electron chi connectivity index (χ1n) is 18.2. The number of carboxylic acid groups (broad SMARTS) is 2. The number of aliphatic carboxylic acids is 2. The second kappa shape index (κ2) is 22.7. The van der Waals surface area contributed by atoms with Crippen molar-refractivity contribution in [3.8, 4) is 5.75 Å². The van der Waals surface area contributed by atoms with E-state index < -0.39 is 110 Å². The average molecular weight is 815 g/mol. The summed E-state index contributed by atoms with van der Waals surface area (Å²) in [5.41, 5.74) is -0.903. The number of nitrogens with one attached hydrogen (secondary N) is 4. The Bertz CT molecular complexity index is 1570. The molecule has 0 aromatic heterocycles. The predicted octanol–water partition coefficient (Wildman–Crippen LogP) is -1.93. The van der Waals surface area contributed by atoms with Crippen LogP contribution in [0.1, 0.15) is 82.6 Å². The topological polar surface area (TPSA) is 326 Å². The molecule has 57 heavy (non-hydrogen) atoms. The molecular formula is C36H54N4O17. The fourth-order valence-electron chi connectivity index (χ4n) is 5.18. The van der Waals surface area contributed by atoms with Crippen molar-refractivity contribution in [2.45, 2.75) is 128 Å². The van der Waals surface area contributed by atoms with Crippen molar-refractivity contribution in [2.75, 3.05) is 19.8 Å². The number of ether oxygens (including phenoxy) is 4. The lowest BCUT2D eigenvalue weighted by Crippen LogP contribution is -2.61. The molecule has 10 N–H and O–H groups in total. The molecule has 0 spiro atoms.